The van der Waals surface area contributed by atoms with Gasteiger partial charge in [-0.25, -0.2) is 9.97 Å². The average molecular weight is 286 g/mol. The van der Waals surface area contributed by atoms with Crippen LogP contribution in [0.4, 0.5) is 0 Å². The van der Waals surface area contributed by atoms with Crippen LogP contribution in [-0.4, -0.2) is 53.1 Å². The molecular formula is C15H18N4O2. The second-order valence-electron chi connectivity index (χ2n) is 5.22. The monoisotopic (exact) mass is 286 g/mol. The van der Waals surface area contributed by atoms with Crippen molar-refractivity contribution in [3.63, 3.8) is 0 Å². The number of aromatic nitrogens is 2. The summed E-state index contributed by atoms with van der Waals surface area (Å²) in [5.41, 5.74) is 6.97. The van der Waals surface area contributed by atoms with E-state index in [1.165, 1.54) is 0 Å². The summed E-state index contributed by atoms with van der Waals surface area (Å²) in [5.74, 6) is -0.100. The molecule has 0 radical (unpaired) electrons. The van der Waals surface area contributed by atoms with E-state index in [1.54, 1.807) is 24.3 Å². The Balaban J connectivity index is 1.83. The molecule has 0 unspecified atom stereocenters. The molecule has 6 nitrogen and oxygen atoms in total. The van der Waals surface area contributed by atoms with Crippen molar-refractivity contribution in [2.75, 3.05) is 20.2 Å². The van der Waals surface area contributed by atoms with Gasteiger partial charge in [-0.05, 0) is 30.7 Å². The molecule has 2 N–H and O–H groups in total. The number of hydrogen-bond acceptors (Lipinski definition) is 5. The molecule has 1 amide bonds. The first kappa shape index (κ1) is 13.9. The van der Waals surface area contributed by atoms with Gasteiger partial charge in [-0.3, -0.25) is 4.79 Å². The van der Waals surface area contributed by atoms with Crippen LogP contribution in [0.1, 0.15) is 16.9 Å². The Bertz CT molecular complexity index is 661. The van der Waals surface area contributed by atoms with Gasteiger partial charge in [0.1, 0.15) is 5.69 Å². The van der Waals surface area contributed by atoms with Crippen LogP contribution < -0.4 is 5.73 Å². The van der Waals surface area contributed by atoms with Gasteiger partial charge in [-0.1, -0.05) is 0 Å². The zero-order chi connectivity index (χ0) is 14.8. The summed E-state index contributed by atoms with van der Waals surface area (Å²) < 4.78 is 5.34. The highest BCUT2D eigenvalue weighted by atomic mass is 16.5. The fourth-order valence-electron chi connectivity index (χ4n) is 2.60. The Morgan fingerprint density at radius 2 is 2.29 bits per heavy atom. The van der Waals surface area contributed by atoms with E-state index in [1.807, 2.05) is 18.2 Å². The summed E-state index contributed by atoms with van der Waals surface area (Å²) in [4.78, 5) is 22.8. The van der Waals surface area contributed by atoms with Crippen molar-refractivity contribution in [3.8, 4) is 0 Å². The molecular weight excluding hydrogens is 268 g/mol. The molecule has 2 atom stereocenters. The van der Waals surface area contributed by atoms with Crippen molar-refractivity contribution < 1.29 is 9.53 Å². The lowest BCUT2D eigenvalue weighted by molar-refractivity contribution is 0.0159. The van der Waals surface area contributed by atoms with Crippen LogP contribution in [0.2, 0.25) is 0 Å². The van der Waals surface area contributed by atoms with E-state index in [0.29, 0.717) is 24.4 Å². The van der Waals surface area contributed by atoms with Crippen LogP contribution in [0, 0.1) is 0 Å². The highest BCUT2D eigenvalue weighted by Crippen LogP contribution is 2.16. The Labute approximate surface area is 122 Å². The minimum Gasteiger partial charge on any atom is -0.378 e. The molecule has 1 aliphatic heterocycles. The van der Waals surface area contributed by atoms with Crippen molar-refractivity contribution >= 4 is 16.9 Å². The van der Waals surface area contributed by atoms with E-state index in [0.717, 1.165) is 11.8 Å². The summed E-state index contributed by atoms with van der Waals surface area (Å²) in [6.45, 7) is 1.13. The van der Waals surface area contributed by atoms with Crippen molar-refractivity contribution in [1.82, 2.24) is 14.9 Å². The van der Waals surface area contributed by atoms with Gasteiger partial charge in [0.25, 0.3) is 5.91 Å². The third-order valence-electron chi connectivity index (χ3n) is 3.88. The number of methoxy groups -OCH3 is 1. The summed E-state index contributed by atoms with van der Waals surface area (Å²) in [6.07, 6.45) is 2.28. The molecule has 2 aromatic rings. The molecule has 0 bridgehead atoms. The molecule has 0 spiro atoms. The SMILES string of the molecule is CO[C@H]1CN(C(=O)c2ccc3cccnc3n2)CC[C@H]1N. The van der Waals surface area contributed by atoms with Gasteiger partial charge in [0.05, 0.1) is 6.10 Å². The van der Waals surface area contributed by atoms with Gasteiger partial charge >= 0.3 is 0 Å². The third kappa shape index (κ3) is 2.72. The number of ether oxygens (including phenoxy) is 1. The van der Waals surface area contributed by atoms with Crippen molar-refractivity contribution in [2.24, 2.45) is 5.73 Å². The molecule has 1 saturated heterocycles. The molecule has 1 aliphatic rings. The second-order valence-corrected chi connectivity index (χ2v) is 5.22. The number of likely N-dealkylation sites (tertiary alicyclic amines) is 1. The molecule has 21 heavy (non-hydrogen) atoms. The second kappa shape index (κ2) is 5.75. The third-order valence-corrected chi connectivity index (χ3v) is 3.88. The van der Waals surface area contributed by atoms with E-state index >= 15 is 0 Å². The predicted molar refractivity (Wildman–Crippen MR) is 78.8 cm³/mol. The number of nitrogens with zero attached hydrogens (tertiary/aromatic N) is 3. The minimum atomic E-state index is -0.124. The smallest absolute Gasteiger partial charge is 0.272 e. The Morgan fingerprint density at radius 3 is 3.10 bits per heavy atom. The Kier molecular flexibility index (Phi) is 3.81. The average Bonchev–Trinajstić information content (AvgIpc) is 2.54. The fourth-order valence-corrected chi connectivity index (χ4v) is 2.60. The molecule has 1 fully saturated rings. The standard InChI is InChI=1S/C15H18N4O2/c1-21-13-9-19(8-6-11(13)16)15(20)12-5-4-10-3-2-7-17-14(10)18-12/h2-5,7,11,13H,6,8-9,16H2,1H3/t11-,13+/m1/s1. The van der Waals surface area contributed by atoms with Crippen LogP contribution in [-0.2, 0) is 4.74 Å². The highest BCUT2D eigenvalue weighted by Gasteiger charge is 2.30. The van der Waals surface area contributed by atoms with Gasteiger partial charge in [-0.15, -0.1) is 0 Å². The number of fused-ring (bicyclic) bond motifs is 1. The van der Waals surface area contributed by atoms with Gasteiger partial charge in [0.2, 0.25) is 0 Å². The maximum Gasteiger partial charge on any atom is 0.272 e. The highest BCUT2D eigenvalue weighted by molar-refractivity contribution is 5.94. The first-order valence-corrected chi connectivity index (χ1v) is 6.98. The molecule has 2 aromatic heterocycles. The number of hydrogen-bond donors (Lipinski definition) is 1. The summed E-state index contributed by atoms with van der Waals surface area (Å²) >= 11 is 0. The van der Waals surface area contributed by atoms with Crippen LogP contribution in [0.25, 0.3) is 11.0 Å². The summed E-state index contributed by atoms with van der Waals surface area (Å²) in [7, 11) is 1.62. The lowest BCUT2D eigenvalue weighted by atomic mass is 10.0. The van der Waals surface area contributed by atoms with E-state index in [-0.39, 0.29) is 18.1 Å². The van der Waals surface area contributed by atoms with Crippen LogP contribution in [0.15, 0.2) is 30.5 Å². The maximum absolute atomic E-state index is 12.6. The Hall–Kier alpha value is -2.05. The van der Waals surface area contributed by atoms with Gasteiger partial charge < -0.3 is 15.4 Å². The zero-order valence-electron chi connectivity index (χ0n) is 11.9. The topological polar surface area (TPSA) is 81.3 Å². The van der Waals surface area contributed by atoms with Crippen LogP contribution in [0.5, 0.6) is 0 Å². The molecule has 3 rings (SSSR count). The number of pyridine rings is 2. The molecule has 110 valence electrons. The number of carbonyl (C=O) groups excluding carboxylic acids is 1. The van der Waals surface area contributed by atoms with E-state index in [2.05, 4.69) is 9.97 Å². The number of piperidine rings is 1. The number of rotatable bonds is 2. The first-order valence-electron chi connectivity index (χ1n) is 6.98. The van der Waals surface area contributed by atoms with Gasteiger partial charge in [0, 0.05) is 37.8 Å². The molecule has 0 aromatic carbocycles. The van der Waals surface area contributed by atoms with Crippen molar-refractivity contribution in [3.05, 3.63) is 36.2 Å². The van der Waals surface area contributed by atoms with Gasteiger partial charge in [-0.2, -0.15) is 0 Å². The fraction of sp³-hybridized carbons (Fsp3) is 0.400. The summed E-state index contributed by atoms with van der Waals surface area (Å²) in [5, 5.41) is 0.921. The molecule has 6 heteroatoms. The van der Waals surface area contributed by atoms with Crippen LogP contribution >= 0.6 is 0 Å². The molecule has 0 saturated carbocycles. The van der Waals surface area contributed by atoms with Crippen LogP contribution in [0.3, 0.4) is 0 Å². The molecule has 0 aliphatic carbocycles. The Morgan fingerprint density at radius 1 is 1.43 bits per heavy atom. The minimum absolute atomic E-state index is 0.0229. The van der Waals surface area contributed by atoms with Gasteiger partial charge in [0.15, 0.2) is 5.65 Å². The molecule has 3 heterocycles. The van der Waals surface area contributed by atoms with E-state index in [9.17, 15) is 4.79 Å². The normalized spacial score (nSPS) is 22.5. The number of amides is 1. The first-order chi connectivity index (χ1) is 10.2. The predicted octanol–water partition coefficient (Wildman–Crippen LogP) is 0.818. The largest absolute Gasteiger partial charge is 0.378 e. The number of carbonyl (C=O) groups is 1. The quantitative estimate of drug-likeness (QED) is 0.884. The van der Waals surface area contributed by atoms with E-state index < -0.39 is 0 Å². The summed E-state index contributed by atoms with van der Waals surface area (Å²) in [6, 6.07) is 7.35. The zero-order valence-corrected chi connectivity index (χ0v) is 11.9. The van der Waals surface area contributed by atoms with Crippen molar-refractivity contribution in [1.29, 1.82) is 0 Å². The maximum atomic E-state index is 12.6. The lowest BCUT2D eigenvalue weighted by Gasteiger charge is -2.35. The van der Waals surface area contributed by atoms with E-state index in [4.69, 9.17) is 10.5 Å². The lowest BCUT2D eigenvalue weighted by Crippen LogP contribution is -2.53. The number of nitrogens with two attached hydrogens (primary N) is 1. The van der Waals surface area contributed by atoms with Crippen molar-refractivity contribution in [2.45, 2.75) is 18.6 Å².